The summed E-state index contributed by atoms with van der Waals surface area (Å²) in [6.07, 6.45) is 1.60. The number of carbonyl (C=O) groups excluding carboxylic acids is 2. The van der Waals surface area contributed by atoms with Crippen LogP contribution in [0.25, 0.3) is 10.8 Å². The SMILES string of the molecule is CC(NC(=O)c1ccccc1NC(=O)Cn1ccc2ccccc2c1=O)c1ccccc1. The molecule has 32 heavy (non-hydrogen) atoms. The molecular formula is C26H23N3O3. The standard InChI is InChI=1S/C26H23N3O3/c1-18(19-9-3-2-4-10-19)27-25(31)22-13-7-8-14-23(22)28-24(30)17-29-16-15-20-11-5-6-12-21(20)26(29)32/h2-16,18H,17H2,1H3,(H,27,31)(H,28,30). The normalized spacial score (nSPS) is 11.7. The summed E-state index contributed by atoms with van der Waals surface area (Å²) in [5.41, 5.74) is 1.50. The van der Waals surface area contributed by atoms with E-state index in [1.165, 1.54) is 4.57 Å². The van der Waals surface area contributed by atoms with Gasteiger partial charge in [-0.05, 0) is 42.1 Å². The van der Waals surface area contributed by atoms with Gasteiger partial charge >= 0.3 is 0 Å². The Bertz CT molecular complexity index is 1330. The Morgan fingerprint density at radius 2 is 1.56 bits per heavy atom. The topological polar surface area (TPSA) is 80.2 Å². The lowest BCUT2D eigenvalue weighted by Gasteiger charge is -2.16. The minimum absolute atomic E-state index is 0.153. The zero-order valence-corrected chi connectivity index (χ0v) is 17.6. The van der Waals surface area contributed by atoms with Gasteiger partial charge in [0.05, 0.1) is 17.3 Å². The molecule has 1 atom stereocenters. The van der Waals surface area contributed by atoms with Crippen molar-refractivity contribution in [2.75, 3.05) is 5.32 Å². The molecule has 1 unspecified atom stereocenters. The third-order valence-electron chi connectivity index (χ3n) is 5.29. The highest BCUT2D eigenvalue weighted by atomic mass is 16.2. The van der Waals surface area contributed by atoms with Gasteiger partial charge in [0, 0.05) is 11.6 Å². The molecule has 0 aliphatic rings. The summed E-state index contributed by atoms with van der Waals surface area (Å²) in [6, 6.07) is 25.3. The molecule has 160 valence electrons. The Kier molecular flexibility index (Phi) is 6.12. The van der Waals surface area contributed by atoms with Crippen molar-refractivity contribution in [2.24, 2.45) is 0 Å². The van der Waals surface area contributed by atoms with Gasteiger partial charge in [-0.1, -0.05) is 60.7 Å². The second-order valence-corrected chi connectivity index (χ2v) is 7.54. The van der Waals surface area contributed by atoms with Crippen molar-refractivity contribution in [3.63, 3.8) is 0 Å². The lowest BCUT2D eigenvalue weighted by atomic mass is 10.1. The number of hydrogen-bond acceptors (Lipinski definition) is 3. The van der Waals surface area contributed by atoms with Crippen molar-refractivity contribution < 1.29 is 9.59 Å². The number of rotatable bonds is 6. The first kappa shape index (κ1) is 21.1. The third-order valence-corrected chi connectivity index (χ3v) is 5.29. The maximum absolute atomic E-state index is 12.9. The van der Waals surface area contributed by atoms with E-state index in [0.717, 1.165) is 10.9 Å². The highest BCUT2D eigenvalue weighted by Gasteiger charge is 2.16. The number of amides is 2. The predicted octanol–water partition coefficient (Wildman–Crippen LogP) is 4.13. The highest BCUT2D eigenvalue weighted by molar-refractivity contribution is 6.03. The van der Waals surface area contributed by atoms with Crippen molar-refractivity contribution in [1.82, 2.24) is 9.88 Å². The van der Waals surface area contributed by atoms with Crippen molar-refractivity contribution in [3.05, 3.63) is 113 Å². The molecule has 0 bridgehead atoms. The number of pyridine rings is 1. The maximum Gasteiger partial charge on any atom is 0.258 e. The number of nitrogens with zero attached hydrogens (tertiary/aromatic N) is 1. The average Bonchev–Trinajstić information content (AvgIpc) is 2.82. The van der Waals surface area contributed by atoms with Crippen LogP contribution in [0, 0.1) is 0 Å². The number of hydrogen-bond donors (Lipinski definition) is 2. The van der Waals surface area contributed by atoms with E-state index in [2.05, 4.69) is 10.6 Å². The van der Waals surface area contributed by atoms with Gasteiger partial charge in [-0.25, -0.2) is 0 Å². The summed E-state index contributed by atoms with van der Waals surface area (Å²) in [7, 11) is 0. The monoisotopic (exact) mass is 425 g/mol. The van der Waals surface area contributed by atoms with E-state index in [9.17, 15) is 14.4 Å². The summed E-state index contributed by atoms with van der Waals surface area (Å²) in [5, 5.41) is 7.10. The molecule has 0 spiro atoms. The molecular weight excluding hydrogens is 402 g/mol. The van der Waals surface area contributed by atoms with Gasteiger partial charge in [0.15, 0.2) is 0 Å². The van der Waals surface area contributed by atoms with Crippen LogP contribution in [-0.2, 0) is 11.3 Å². The molecule has 2 amide bonds. The number of anilines is 1. The third kappa shape index (κ3) is 4.59. The lowest BCUT2D eigenvalue weighted by Crippen LogP contribution is -2.30. The zero-order valence-electron chi connectivity index (χ0n) is 17.6. The minimum atomic E-state index is -0.390. The lowest BCUT2D eigenvalue weighted by molar-refractivity contribution is -0.116. The van der Waals surface area contributed by atoms with E-state index in [1.807, 2.05) is 49.4 Å². The Morgan fingerprint density at radius 3 is 2.38 bits per heavy atom. The van der Waals surface area contributed by atoms with Crippen LogP contribution in [0.3, 0.4) is 0 Å². The second-order valence-electron chi connectivity index (χ2n) is 7.54. The molecule has 6 nitrogen and oxygen atoms in total. The summed E-state index contributed by atoms with van der Waals surface area (Å²) in [6.45, 7) is 1.75. The molecule has 0 aliphatic heterocycles. The van der Waals surface area contributed by atoms with E-state index < -0.39 is 5.91 Å². The fourth-order valence-electron chi connectivity index (χ4n) is 3.59. The van der Waals surface area contributed by atoms with E-state index in [-0.39, 0.29) is 24.1 Å². The fraction of sp³-hybridized carbons (Fsp3) is 0.115. The number of aromatic nitrogens is 1. The molecule has 1 heterocycles. The fourth-order valence-corrected chi connectivity index (χ4v) is 3.59. The maximum atomic E-state index is 12.9. The minimum Gasteiger partial charge on any atom is -0.345 e. The Hall–Kier alpha value is -4.19. The number of fused-ring (bicyclic) bond motifs is 1. The molecule has 3 aromatic carbocycles. The molecule has 6 heteroatoms. The van der Waals surface area contributed by atoms with Crippen LogP contribution < -0.4 is 16.2 Å². The summed E-state index contributed by atoms with van der Waals surface area (Å²) < 4.78 is 1.36. The van der Waals surface area contributed by atoms with Crippen LogP contribution in [-0.4, -0.2) is 16.4 Å². The first-order chi connectivity index (χ1) is 15.5. The van der Waals surface area contributed by atoms with Gasteiger partial charge in [-0.2, -0.15) is 0 Å². The molecule has 1 aromatic heterocycles. The van der Waals surface area contributed by atoms with Crippen molar-refractivity contribution in [3.8, 4) is 0 Å². The number of benzene rings is 3. The zero-order chi connectivity index (χ0) is 22.5. The molecule has 4 aromatic rings. The Morgan fingerprint density at radius 1 is 0.875 bits per heavy atom. The largest absolute Gasteiger partial charge is 0.345 e. The second kappa shape index (κ2) is 9.31. The Labute approximate surface area is 185 Å². The Balaban J connectivity index is 1.49. The first-order valence-electron chi connectivity index (χ1n) is 10.4. The summed E-state index contributed by atoms with van der Waals surface area (Å²) >= 11 is 0. The van der Waals surface area contributed by atoms with Crippen LogP contribution in [0.4, 0.5) is 5.69 Å². The van der Waals surface area contributed by atoms with Crippen LogP contribution >= 0.6 is 0 Å². The summed E-state index contributed by atoms with van der Waals surface area (Å²) in [5.74, 6) is -0.682. The van der Waals surface area contributed by atoms with E-state index in [0.29, 0.717) is 16.6 Å². The molecule has 0 radical (unpaired) electrons. The van der Waals surface area contributed by atoms with Gasteiger partial charge in [-0.15, -0.1) is 0 Å². The van der Waals surface area contributed by atoms with Gasteiger partial charge in [0.1, 0.15) is 6.54 Å². The smallest absolute Gasteiger partial charge is 0.258 e. The highest BCUT2D eigenvalue weighted by Crippen LogP contribution is 2.18. The summed E-state index contributed by atoms with van der Waals surface area (Å²) in [4.78, 5) is 38.2. The van der Waals surface area contributed by atoms with Crippen LogP contribution in [0.5, 0.6) is 0 Å². The van der Waals surface area contributed by atoms with Gasteiger partial charge < -0.3 is 15.2 Å². The molecule has 0 saturated carbocycles. The van der Waals surface area contributed by atoms with Gasteiger partial charge in [0.25, 0.3) is 11.5 Å². The van der Waals surface area contributed by atoms with Crippen LogP contribution in [0.15, 0.2) is 95.9 Å². The molecule has 0 fully saturated rings. The molecule has 4 rings (SSSR count). The first-order valence-corrected chi connectivity index (χ1v) is 10.4. The number of carbonyl (C=O) groups is 2. The van der Waals surface area contributed by atoms with E-state index in [1.54, 1.807) is 48.7 Å². The van der Waals surface area contributed by atoms with Gasteiger partial charge in [-0.3, -0.25) is 14.4 Å². The van der Waals surface area contributed by atoms with Gasteiger partial charge in [0.2, 0.25) is 5.91 Å². The average molecular weight is 425 g/mol. The van der Waals surface area contributed by atoms with Crippen LogP contribution in [0.2, 0.25) is 0 Å². The van der Waals surface area contributed by atoms with Crippen LogP contribution in [0.1, 0.15) is 28.9 Å². The van der Waals surface area contributed by atoms with Crippen molar-refractivity contribution in [2.45, 2.75) is 19.5 Å². The molecule has 0 saturated heterocycles. The van der Waals surface area contributed by atoms with Crippen molar-refractivity contribution >= 4 is 28.3 Å². The van der Waals surface area contributed by atoms with E-state index >= 15 is 0 Å². The number of nitrogens with one attached hydrogen (secondary N) is 2. The van der Waals surface area contributed by atoms with E-state index in [4.69, 9.17) is 0 Å². The predicted molar refractivity (Wildman–Crippen MR) is 126 cm³/mol. The molecule has 0 aliphatic carbocycles. The molecule has 2 N–H and O–H groups in total. The van der Waals surface area contributed by atoms with Crippen molar-refractivity contribution in [1.29, 1.82) is 0 Å². The number of para-hydroxylation sites is 1. The quantitative estimate of drug-likeness (QED) is 0.487.